The molecule has 21 heavy (non-hydrogen) atoms. The summed E-state index contributed by atoms with van der Waals surface area (Å²) in [7, 11) is 1.75. The molecule has 2 rings (SSSR count). The van der Waals surface area contributed by atoms with Crippen LogP contribution in [0.2, 0.25) is 5.02 Å². The van der Waals surface area contributed by atoms with Gasteiger partial charge in [0.15, 0.2) is 0 Å². The van der Waals surface area contributed by atoms with Gasteiger partial charge in [0.2, 0.25) is 0 Å². The van der Waals surface area contributed by atoms with E-state index in [2.05, 4.69) is 11.8 Å². The molecular formula is C16H14ClNO2S. The molecule has 108 valence electrons. The van der Waals surface area contributed by atoms with E-state index >= 15 is 0 Å². The molecule has 2 aromatic rings. The van der Waals surface area contributed by atoms with Crippen LogP contribution in [0.15, 0.2) is 35.7 Å². The maximum absolute atomic E-state index is 12.3. The lowest BCUT2D eigenvalue weighted by Gasteiger charge is -2.16. The Labute approximate surface area is 132 Å². The quantitative estimate of drug-likeness (QED) is 0.883. The van der Waals surface area contributed by atoms with E-state index in [1.807, 2.05) is 18.2 Å². The van der Waals surface area contributed by atoms with Crippen LogP contribution in [0.5, 0.6) is 0 Å². The molecule has 0 bridgehead atoms. The Morgan fingerprint density at radius 3 is 2.95 bits per heavy atom. The topological polar surface area (TPSA) is 40.5 Å². The molecule has 0 unspecified atom stereocenters. The van der Waals surface area contributed by atoms with Gasteiger partial charge in [0.1, 0.15) is 6.61 Å². The average Bonchev–Trinajstić information content (AvgIpc) is 2.93. The van der Waals surface area contributed by atoms with Crippen LogP contribution >= 0.6 is 22.9 Å². The van der Waals surface area contributed by atoms with Crippen molar-refractivity contribution in [3.05, 3.63) is 56.7 Å². The molecule has 3 nitrogen and oxygen atoms in total. The molecule has 0 radical (unpaired) electrons. The highest BCUT2D eigenvalue weighted by molar-refractivity contribution is 7.10. The summed E-state index contributed by atoms with van der Waals surface area (Å²) in [6.45, 7) is 0.308. The van der Waals surface area contributed by atoms with Crippen LogP contribution in [0.4, 0.5) is 0 Å². The van der Waals surface area contributed by atoms with Gasteiger partial charge >= 0.3 is 0 Å². The zero-order chi connectivity index (χ0) is 15.2. The Hall–Kier alpha value is -1.80. The molecule has 0 saturated carbocycles. The van der Waals surface area contributed by atoms with Gasteiger partial charge in [-0.3, -0.25) is 4.79 Å². The van der Waals surface area contributed by atoms with Gasteiger partial charge in [-0.1, -0.05) is 35.6 Å². The second-order valence-corrected chi connectivity index (χ2v) is 5.80. The highest BCUT2D eigenvalue weighted by Gasteiger charge is 2.13. The van der Waals surface area contributed by atoms with Gasteiger partial charge in [-0.15, -0.1) is 11.3 Å². The number of thiophene rings is 1. The molecule has 0 saturated heterocycles. The van der Waals surface area contributed by atoms with E-state index in [4.69, 9.17) is 16.7 Å². The molecule has 0 aliphatic carbocycles. The van der Waals surface area contributed by atoms with Gasteiger partial charge in [-0.05, 0) is 23.8 Å². The van der Waals surface area contributed by atoms with Crippen molar-refractivity contribution in [2.75, 3.05) is 13.7 Å². The van der Waals surface area contributed by atoms with Crippen LogP contribution < -0.4 is 0 Å². The van der Waals surface area contributed by atoms with Crippen LogP contribution in [0.25, 0.3) is 0 Å². The molecule has 1 aromatic heterocycles. The second-order valence-electron chi connectivity index (χ2n) is 4.45. The molecule has 1 aromatic carbocycles. The van der Waals surface area contributed by atoms with E-state index in [9.17, 15) is 4.79 Å². The summed E-state index contributed by atoms with van der Waals surface area (Å²) in [5, 5.41) is 11.1. The lowest BCUT2D eigenvalue weighted by atomic mass is 10.2. The normalized spacial score (nSPS) is 9.86. The summed E-state index contributed by atoms with van der Waals surface area (Å²) < 4.78 is 0. The molecule has 0 atom stereocenters. The summed E-state index contributed by atoms with van der Waals surface area (Å²) in [5.74, 6) is 5.30. The fraction of sp³-hybridized carbons (Fsp3) is 0.188. The van der Waals surface area contributed by atoms with Crippen molar-refractivity contribution in [2.45, 2.75) is 6.54 Å². The molecule has 0 aliphatic rings. The minimum Gasteiger partial charge on any atom is -0.384 e. The van der Waals surface area contributed by atoms with Crippen LogP contribution in [-0.4, -0.2) is 29.6 Å². The summed E-state index contributed by atoms with van der Waals surface area (Å²) in [6.07, 6.45) is 0. The third-order valence-electron chi connectivity index (χ3n) is 2.79. The van der Waals surface area contributed by atoms with E-state index in [1.165, 1.54) is 11.3 Å². The van der Waals surface area contributed by atoms with Gasteiger partial charge in [-0.2, -0.15) is 0 Å². The SMILES string of the molecule is CN(Cc1cccc(Cl)c1)C(=O)c1csc(C#CCO)c1. The van der Waals surface area contributed by atoms with Gasteiger partial charge in [0, 0.05) is 24.0 Å². The third-order valence-corrected chi connectivity index (χ3v) is 3.87. The van der Waals surface area contributed by atoms with Crippen molar-refractivity contribution in [2.24, 2.45) is 0 Å². The first-order chi connectivity index (χ1) is 10.1. The van der Waals surface area contributed by atoms with Crippen LogP contribution in [0, 0.1) is 11.8 Å². The van der Waals surface area contributed by atoms with Crippen molar-refractivity contribution in [3.8, 4) is 11.8 Å². The van der Waals surface area contributed by atoms with E-state index in [0.29, 0.717) is 17.1 Å². The number of carbonyl (C=O) groups excluding carboxylic acids is 1. The van der Waals surface area contributed by atoms with E-state index in [0.717, 1.165) is 10.4 Å². The third kappa shape index (κ3) is 4.33. The van der Waals surface area contributed by atoms with E-state index in [1.54, 1.807) is 29.5 Å². The van der Waals surface area contributed by atoms with E-state index in [-0.39, 0.29) is 12.5 Å². The first-order valence-electron chi connectivity index (χ1n) is 6.28. The highest BCUT2D eigenvalue weighted by Crippen LogP contribution is 2.17. The molecule has 1 heterocycles. The standard InChI is InChI=1S/C16H14ClNO2S/c1-18(10-12-4-2-5-14(17)8-12)16(20)13-9-15(21-11-13)6-3-7-19/h2,4-5,8-9,11,19H,7,10H2,1H3. The Morgan fingerprint density at radius 2 is 2.24 bits per heavy atom. The molecule has 1 amide bonds. The molecule has 1 N–H and O–H groups in total. The highest BCUT2D eigenvalue weighted by atomic mass is 35.5. The Bertz CT molecular complexity index is 700. The molecule has 5 heteroatoms. The molecule has 0 fully saturated rings. The summed E-state index contributed by atoms with van der Waals surface area (Å²) in [5.41, 5.74) is 1.58. The smallest absolute Gasteiger partial charge is 0.254 e. The number of aliphatic hydroxyl groups excluding tert-OH is 1. The fourth-order valence-corrected chi connectivity index (χ4v) is 2.80. The average molecular weight is 320 g/mol. The zero-order valence-electron chi connectivity index (χ0n) is 11.5. The minimum absolute atomic E-state index is 0.0664. The monoisotopic (exact) mass is 319 g/mol. The van der Waals surface area contributed by atoms with E-state index < -0.39 is 0 Å². The van der Waals surface area contributed by atoms with Crippen LogP contribution in [-0.2, 0) is 6.54 Å². The van der Waals surface area contributed by atoms with Crippen molar-refractivity contribution in [1.29, 1.82) is 0 Å². The second kappa shape index (κ2) is 7.28. The van der Waals surface area contributed by atoms with Gasteiger partial charge in [0.25, 0.3) is 5.91 Å². The largest absolute Gasteiger partial charge is 0.384 e. The molecule has 0 aliphatic heterocycles. The Morgan fingerprint density at radius 1 is 1.43 bits per heavy atom. The zero-order valence-corrected chi connectivity index (χ0v) is 13.0. The Balaban J connectivity index is 2.07. The summed E-state index contributed by atoms with van der Waals surface area (Å²) in [4.78, 5) is 14.7. The number of hydrogen-bond acceptors (Lipinski definition) is 3. The number of hydrogen-bond donors (Lipinski definition) is 1. The predicted molar refractivity (Wildman–Crippen MR) is 85.5 cm³/mol. The number of aliphatic hydroxyl groups is 1. The molecular weight excluding hydrogens is 306 g/mol. The Kier molecular flexibility index (Phi) is 5.40. The van der Waals surface area contributed by atoms with Crippen molar-refractivity contribution >= 4 is 28.8 Å². The fourth-order valence-electron chi connectivity index (χ4n) is 1.84. The number of halogens is 1. The first kappa shape index (κ1) is 15.6. The van der Waals surface area contributed by atoms with Crippen molar-refractivity contribution < 1.29 is 9.90 Å². The number of amides is 1. The predicted octanol–water partition coefficient (Wildman–Crippen LogP) is 3.02. The number of benzene rings is 1. The van der Waals surface area contributed by atoms with Crippen molar-refractivity contribution in [1.82, 2.24) is 4.90 Å². The summed E-state index contributed by atoms with van der Waals surface area (Å²) in [6, 6.07) is 9.18. The number of carbonyl (C=O) groups is 1. The lowest BCUT2D eigenvalue weighted by Crippen LogP contribution is -2.25. The van der Waals surface area contributed by atoms with Gasteiger partial charge in [-0.25, -0.2) is 0 Å². The maximum atomic E-state index is 12.3. The number of nitrogens with zero attached hydrogens (tertiary/aromatic N) is 1. The van der Waals surface area contributed by atoms with Crippen LogP contribution in [0.1, 0.15) is 20.8 Å². The maximum Gasteiger partial charge on any atom is 0.254 e. The summed E-state index contributed by atoms with van der Waals surface area (Å²) >= 11 is 7.33. The first-order valence-corrected chi connectivity index (χ1v) is 7.54. The minimum atomic E-state index is -0.185. The number of rotatable bonds is 3. The van der Waals surface area contributed by atoms with Gasteiger partial charge in [0.05, 0.1) is 10.4 Å². The van der Waals surface area contributed by atoms with Gasteiger partial charge < -0.3 is 10.0 Å². The lowest BCUT2D eigenvalue weighted by molar-refractivity contribution is 0.0785. The van der Waals surface area contributed by atoms with Crippen molar-refractivity contribution in [3.63, 3.8) is 0 Å². The van der Waals surface area contributed by atoms with Crippen LogP contribution in [0.3, 0.4) is 0 Å². The molecule has 0 spiro atoms.